The third-order valence-electron chi connectivity index (χ3n) is 3.47. The first-order valence-corrected chi connectivity index (χ1v) is 6.57. The minimum absolute atomic E-state index is 0.0591. The Morgan fingerprint density at radius 3 is 2.60 bits per heavy atom. The van der Waals surface area contributed by atoms with Gasteiger partial charge in [0.05, 0.1) is 11.6 Å². The first-order chi connectivity index (χ1) is 9.88. The number of nitrogens with two attached hydrogens (primary N) is 1. The Labute approximate surface area is 117 Å². The van der Waals surface area contributed by atoms with Crippen LogP contribution in [-0.4, -0.2) is 9.97 Å². The highest BCUT2D eigenvalue weighted by Gasteiger charge is 2.12. The van der Waals surface area contributed by atoms with Crippen LogP contribution in [0.15, 0.2) is 61.1 Å². The van der Waals surface area contributed by atoms with Crippen molar-refractivity contribution in [3.8, 4) is 0 Å². The van der Waals surface area contributed by atoms with Crippen LogP contribution in [0.3, 0.4) is 0 Å². The lowest BCUT2D eigenvalue weighted by Gasteiger charge is -2.17. The first-order valence-electron chi connectivity index (χ1n) is 6.57. The van der Waals surface area contributed by atoms with Crippen LogP contribution in [0.2, 0.25) is 0 Å². The lowest BCUT2D eigenvalue weighted by molar-refractivity contribution is 0.553. The van der Waals surface area contributed by atoms with E-state index in [9.17, 15) is 0 Å². The van der Waals surface area contributed by atoms with Gasteiger partial charge < -0.3 is 0 Å². The van der Waals surface area contributed by atoms with Gasteiger partial charge in [0.25, 0.3) is 0 Å². The molecule has 4 nitrogen and oxygen atoms in total. The van der Waals surface area contributed by atoms with Gasteiger partial charge in [-0.15, -0.1) is 0 Å². The summed E-state index contributed by atoms with van der Waals surface area (Å²) >= 11 is 0. The van der Waals surface area contributed by atoms with Gasteiger partial charge in [-0.1, -0.05) is 18.2 Å². The molecule has 2 heterocycles. The van der Waals surface area contributed by atoms with Crippen molar-refractivity contribution in [2.24, 2.45) is 5.84 Å². The fourth-order valence-corrected chi connectivity index (χ4v) is 2.42. The standard InChI is InChI=1S/C16H16N4/c17-20-16(12-5-8-18-9-6-12)11-13-7-10-19-15-4-2-1-3-14(13)15/h1-10,16,20H,11,17H2. The zero-order valence-corrected chi connectivity index (χ0v) is 11.0. The Balaban J connectivity index is 1.96. The summed E-state index contributed by atoms with van der Waals surface area (Å²) < 4.78 is 0. The lowest BCUT2D eigenvalue weighted by atomic mass is 9.98. The van der Waals surface area contributed by atoms with Crippen LogP contribution in [-0.2, 0) is 6.42 Å². The van der Waals surface area contributed by atoms with Gasteiger partial charge in [0.1, 0.15) is 0 Å². The van der Waals surface area contributed by atoms with E-state index >= 15 is 0 Å². The number of hydrogen-bond donors (Lipinski definition) is 2. The number of benzene rings is 1. The maximum atomic E-state index is 5.71. The average Bonchev–Trinajstić information content (AvgIpc) is 2.53. The zero-order valence-electron chi connectivity index (χ0n) is 11.0. The Kier molecular flexibility index (Phi) is 3.67. The number of nitrogens with one attached hydrogen (secondary N) is 1. The molecule has 20 heavy (non-hydrogen) atoms. The molecule has 2 aromatic heterocycles. The van der Waals surface area contributed by atoms with Gasteiger partial charge >= 0.3 is 0 Å². The molecule has 100 valence electrons. The SMILES string of the molecule is NNC(Cc1ccnc2ccccc12)c1ccncc1. The highest BCUT2D eigenvalue weighted by Crippen LogP contribution is 2.22. The molecule has 1 atom stereocenters. The van der Waals surface area contributed by atoms with E-state index < -0.39 is 0 Å². The van der Waals surface area contributed by atoms with Crippen LogP contribution >= 0.6 is 0 Å². The van der Waals surface area contributed by atoms with E-state index in [-0.39, 0.29) is 6.04 Å². The van der Waals surface area contributed by atoms with Gasteiger partial charge in [-0.05, 0) is 41.8 Å². The minimum Gasteiger partial charge on any atom is -0.271 e. The fraction of sp³-hybridized carbons (Fsp3) is 0.125. The monoisotopic (exact) mass is 264 g/mol. The number of para-hydroxylation sites is 1. The molecule has 0 saturated heterocycles. The third-order valence-corrected chi connectivity index (χ3v) is 3.47. The fourth-order valence-electron chi connectivity index (χ4n) is 2.42. The largest absolute Gasteiger partial charge is 0.271 e. The highest BCUT2D eigenvalue weighted by molar-refractivity contribution is 5.81. The van der Waals surface area contributed by atoms with Gasteiger partial charge in [-0.3, -0.25) is 21.2 Å². The number of fused-ring (bicyclic) bond motifs is 1. The van der Waals surface area contributed by atoms with Gasteiger partial charge in [0.15, 0.2) is 0 Å². The highest BCUT2D eigenvalue weighted by atomic mass is 15.2. The quantitative estimate of drug-likeness (QED) is 0.561. The molecule has 3 N–H and O–H groups in total. The molecule has 0 spiro atoms. The molecular weight excluding hydrogens is 248 g/mol. The van der Waals surface area contributed by atoms with Crippen molar-refractivity contribution in [3.05, 3.63) is 72.2 Å². The maximum Gasteiger partial charge on any atom is 0.0704 e. The van der Waals surface area contributed by atoms with E-state index in [4.69, 9.17) is 5.84 Å². The topological polar surface area (TPSA) is 63.8 Å². The summed E-state index contributed by atoms with van der Waals surface area (Å²) in [4.78, 5) is 8.43. The maximum absolute atomic E-state index is 5.71. The van der Waals surface area contributed by atoms with E-state index in [1.807, 2.05) is 42.6 Å². The van der Waals surface area contributed by atoms with E-state index in [2.05, 4.69) is 21.5 Å². The first kappa shape index (κ1) is 12.7. The third kappa shape index (κ3) is 2.52. The number of rotatable bonds is 4. The second-order valence-electron chi connectivity index (χ2n) is 4.69. The molecule has 0 aliphatic heterocycles. The van der Waals surface area contributed by atoms with E-state index in [0.717, 1.165) is 17.5 Å². The van der Waals surface area contributed by atoms with Crippen LogP contribution in [0.25, 0.3) is 10.9 Å². The van der Waals surface area contributed by atoms with Crippen molar-refractivity contribution in [2.45, 2.75) is 12.5 Å². The summed E-state index contributed by atoms with van der Waals surface area (Å²) in [5.41, 5.74) is 6.25. The minimum atomic E-state index is 0.0591. The number of pyridine rings is 2. The van der Waals surface area contributed by atoms with Crippen LogP contribution in [0.4, 0.5) is 0 Å². The van der Waals surface area contributed by atoms with Crippen molar-refractivity contribution >= 4 is 10.9 Å². The predicted octanol–water partition coefficient (Wildman–Crippen LogP) is 2.38. The molecule has 4 heteroatoms. The normalized spacial score (nSPS) is 12.4. The molecule has 3 rings (SSSR count). The molecule has 1 aromatic carbocycles. The van der Waals surface area contributed by atoms with E-state index in [1.54, 1.807) is 12.4 Å². The lowest BCUT2D eigenvalue weighted by Crippen LogP contribution is -2.29. The number of nitrogens with zero attached hydrogens (tertiary/aromatic N) is 2. The van der Waals surface area contributed by atoms with Gasteiger partial charge in [0.2, 0.25) is 0 Å². The Morgan fingerprint density at radius 2 is 1.80 bits per heavy atom. The summed E-state index contributed by atoms with van der Waals surface area (Å²) in [5, 5.41) is 1.17. The van der Waals surface area contributed by atoms with Crippen molar-refractivity contribution in [1.82, 2.24) is 15.4 Å². The molecule has 0 bridgehead atoms. The van der Waals surface area contributed by atoms with Crippen LogP contribution < -0.4 is 11.3 Å². The second-order valence-corrected chi connectivity index (χ2v) is 4.69. The van der Waals surface area contributed by atoms with Crippen molar-refractivity contribution in [1.29, 1.82) is 0 Å². The molecule has 0 fully saturated rings. The molecule has 0 radical (unpaired) electrons. The van der Waals surface area contributed by atoms with Crippen molar-refractivity contribution in [3.63, 3.8) is 0 Å². The smallest absolute Gasteiger partial charge is 0.0704 e. The van der Waals surface area contributed by atoms with E-state index in [1.165, 1.54) is 10.9 Å². The molecule has 0 aliphatic carbocycles. The Morgan fingerprint density at radius 1 is 1.00 bits per heavy atom. The summed E-state index contributed by atoms with van der Waals surface area (Å²) in [7, 11) is 0. The van der Waals surface area contributed by atoms with Gasteiger partial charge in [0, 0.05) is 24.0 Å². The van der Waals surface area contributed by atoms with E-state index in [0.29, 0.717) is 0 Å². The Hall–Kier alpha value is -2.30. The summed E-state index contributed by atoms with van der Waals surface area (Å²) in [6, 6.07) is 14.2. The van der Waals surface area contributed by atoms with Crippen LogP contribution in [0.1, 0.15) is 17.2 Å². The molecule has 0 saturated carbocycles. The van der Waals surface area contributed by atoms with Crippen LogP contribution in [0.5, 0.6) is 0 Å². The molecule has 0 aliphatic rings. The van der Waals surface area contributed by atoms with Gasteiger partial charge in [-0.25, -0.2) is 0 Å². The molecule has 3 aromatic rings. The number of hydrogen-bond acceptors (Lipinski definition) is 4. The summed E-state index contributed by atoms with van der Waals surface area (Å²) in [5.74, 6) is 5.71. The van der Waals surface area contributed by atoms with Crippen LogP contribution in [0, 0.1) is 0 Å². The van der Waals surface area contributed by atoms with Crippen molar-refractivity contribution in [2.75, 3.05) is 0 Å². The predicted molar refractivity (Wildman–Crippen MR) is 79.7 cm³/mol. The molecule has 0 amide bonds. The van der Waals surface area contributed by atoms with Crippen molar-refractivity contribution < 1.29 is 0 Å². The second kappa shape index (κ2) is 5.77. The summed E-state index contributed by atoms with van der Waals surface area (Å²) in [6.07, 6.45) is 6.22. The summed E-state index contributed by atoms with van der Waals surface area (Å²) in [6.45, 7) is 0. The Bertz CT molecular complexity index is 692. The zero-order chi connectivity index (χ0) is 13.8. The van der Waals surface area contributed by atoms with Gasteiger partial charge in [-0.2, -0.15) is 0 Å². The number of hydrazine groups is 1. The molecular formula is C16H16N4. The molecule has 1 unspecified atom stereocenters. The average molecular weight is 264 g/mol. The number of aromatic nitrogens is 2.